The van der Waals surface area contributed by atoms with Crippen LogP contribution in [0, 0.1) is 5.92 Å². The molecular formula is C14H20ClNO. The van der Waals surface area contributed by atoms with E-state index in [1.165, 1.54) is 19.3 Å². The average Bonchev–Trinajstić information content (AvgIpc) is 2.79. The van der Waals surface area contributed by atoms with Gasteiger partial charge in [0.1, 0.15) is 5.75 Å². The van der Waals surface area contributed by atoms with Gasteiger partial charge in [-0.05, 0) is 44.4 Å². The minimum absolute atomic E-state index is 0.671. The zero-order chi connectivity index (χ0) is 12.1. The standard InChI is InChI=1S/C14H20ClNO/c1-16-13-7-4-5-11(13)9-10-17-14-8-3-2-6-12(14)15/h2-3,6,8,11,13,16H,4-5,7,9-10H2,1H3. The van der Waals surface area contributed by atoms with Crippen LogP contribution in [0.15, 0.2) is 24.3 Å². The minimum Gasteiger partial charge on any atom is -0.492 e. The molecule has 0 spiro atoms. The number of ether oxygens (including phenoxy) is 1. The number of para-hydroxylation sites is 1. The van der Waals surface area contributed by atoms with Crippen LogP contribution < -0.4 is 10.1 Å². The van der Waals surface area contributed by atoms with Crippen molar-refractivity contribution in [1.29, 1.82) is 0 Å². The van der Waals surface area contributed by atoms with Gasteiger partial charge in [0, 0.05) is 6.04 Å². The van der Waals surface area contributed by atoms with E-state index in [1.54, 1.807) is 0 Å². The first-order valence-corrected chi connectivity index (χ1v) is 6.73. The van der Waals surface area contributed by atoms with E-state index in [9.17, 15) is 0 Å². The third-order valence-corrected chi connectivity index (χ3v) is 3.92. The Hall–Kier alpha value is -0.730. The Morgan fingerprint density at radius 2 is 2.18 bits per heavy atom. The summed E-state index contributed by atoms with van der Waals surface area (Å²) >= 11 is 6.04. The number of nitrogens with one attached hydrogen (secondary N) is 1. The Balaban J connectivity index is 1.78. The van der Waals surface area contributed by atoms with E-state index in [-0.39, 0.29) is 0 Å². The van der Waals surface area contributed by atoms with Gasteiger partial charge in [0.15, 0.2) is 0 Å². The molecule has 2 atom stereocenters. The highest BCUT2D eigenvalue weighted by Crippen LogP contribution is 2.29. The van der Waals surface area contributed by atoms with E-state index in [4.69, 9.17) is 16.3 Å². The van der Waals surface area contributed by atoms with E-state index in [0.29, 0.717) is 11.1 Å². The van der Waals surface area contributed by atoms with Gasteiger partial charge in [0.05, 0.1) is 11.6 Å². The van der Waals surface area contributed by atoms with Crippen molar-refractivity contribution in [2.24, 2.45) is 5.92 Å². The van der Waals surface area contributed by atoms with Crippen LogP contribution in [-0.4, -0.2) is 19.7 Å². The summed E-state index contributed by atoms with van der Waals surface area (Å²) < 4.78 is 5.73. The summed E-state index contributed by atoms with van der Waals surface area (Å²) in [4.78, 5) is 0. The predicted molar refractivity (Wildman–Crippen MR) is 71.8 cm³/mol. The van der Waals surface area contributed by atoms with Gasteiger partial charge < -0.3 is 10.1 Å². The molecule has 1 N–H and O–H groups in total. The predicted octanol–water partition coefficient (Wildman–Crippen LogP) is 3.50. The summed E-state index contributed by atoms with van der Waals surface area (Å²) in [5.41, 5.74) is 0. The van der Waals surface area contributed by atoms with E-state index in [1.807, 2.05) is 24.3 Å². The highest BCUT2D eigenvalue weighted by Gasteiger charge is 2.25. The lowest BCUT2D eigenvalue weighted by Crippen LogP contribution is -2.29. The largest absolute Gasteiger partial charge is 0.492 e. The van der Waals surface area contributed by atoms with Crippen LogP contribution in [0.1, 0.15) is 25.7 Å². The molecule has 0 heterocycles. The highest BCUT2D eigenvalue weighted by molar-refractivity contribution is 6.32. The molecule has 17 heavy (non-hydrogen) atoms. The van der Waals surface area contributed by atoms with Crippen molar-refractivity contribution in [1.82, 2.24) is 5.32 Å². The first-order chi connectivity index (χ1) is 8.31. The Morgan fingerprint density at radius 3 is 2.94 bits per heavy atom. The van der Waals surface area contributed by atoms with Gasteiger partial charge in [-0.3, -0.25) is 0 Å². The SMILES string of the molecule is CNC1CCCC1CCOc1ccccc1Cl. The fraction of sp³-hybridized carbons (Fsp3) is 0.571. The van der Waals surface area contributed by atoms with Crippen LogP contribution in [0.5, 0.6) is 5.75 Å². The molecule has 0 radical (unpaired) electrons. The molecule has 1 aromatic rings. The highest BCUT2D eigenvalue weighted by atomic mass is 35.5. The molecule has 0 bridgehead atoms. The fourth-order valence-electron chi connectivity index (χ4n) is 2.64. The summed E-state index contributed by atoms with van der Waals surface area (Å²) in [6.45, 7) is 0.757. The van der Waals surface area contributed by atoms with Crippen molar-refractivity contribution in [2.45, 2.75) is 31.7 Å². The summed E-state index contributed by atoms with van der Waals surface area (Å²) in [6, 6.07) is 8.33. The van der Waals surface area contributed by atoms with Crippen LogP contribution in [0.3, 0.4) is 0 Å². The van der Waals surface area contributed by atoms with Crippen LogP contribution in [0.2, 0.25) is 5.02 Å². The summed E-state index contributed by atoms with van der Waals surface area (Å²) in [5, 5.41) is 4.09. The summed E-state index contributed by atoms with van der Waals surface area (Å²) in [7, 11) is 2.05. The van der Waals surface area contributed by atoms with Crippen molar-refractivity contribution in [2.75, 3.05) is 13.7 Å². The summed E-state index contributed by atoms with van der Waals surface area (Å²) in [5.74, 6) is 1.55. The van der Waals surface area contributed by atoms with Gasteiger partial charge in [0.2, 0.25) is 0 Å². The maximum atomic E-state index is 6.04. The van der Waals surface area contributed by atoms with Gasteiger partial charge in [-0.2, -0.15) is 0 Å². The van der Waals surface area contributed by atoms with Crippen molar-refractivity contribution in [3.8, 4) is 5.75 Å². The topological polar surface area (TPSA) is 21.3 Å². The van der Waals surface area contributed by atoms with Crippen molar-refractivity contribution < 1.29 is 4.74 Å². The maximum Gasteiger partial charge on any atom is 0.137 e. The summed E-state index contributed by atoms with van der Waals surface area (Å²) in [6.07, 6.45) is 5.06. The maximum absolute atomic E-state index is 6.04. The first kappa shape index (κ1) is 12.7. The molecule has 1 saturated carbocycles. The fourth-order valence-corrected chi connectivity index (χ4v) is 2.83. The molecular weight excluding hydrogens is 234 g/mol. The minimum atomic E-state index is 0.671. The van der Waals surface area contributed by atoms with Crippen molar-refractivity contribution in [3.05, 3.63) is 29.3 Å². The van der Waals surface area contributed by atoms with Crippen LogP contribution in [0.4, 0.5) is 0 Å². The molecule has 0 aliphatic heterocycles. The van der Waals surface area contributed by atoms with Gasteiger partial charge in [0.25, 0.3) is 0 Å². The van der Waals surface area contributed by atoms with E-state index in [2.05, 4.69) is 12.4 Å². The third kappa shape index (κ3) is 3.36. The van der Waals surface area contributed by atoms with Crippen molar-refractivity contribution >= 4 is 11.6 Å². The molecule has 1 aromatic carbocycles. The number of hydrogen-bond acceptors (Lipinski definition) is 2. The second kappa shape index (κ2) is 6.27. The molecule has 1 aliphatic rings. The number of hydrogen-bond donors (Lipinski definition) is 1. The van der Waals surface area contributed by atoms with E-state index in [0.717, 1.165) is 24.7 Å². The molecule has 0 saturated heterocycles. The molecule has 2 nitrogen and oxygen atoms in total. The van der Waals surface area contributed by atoms with Crippen molar-refractivity contribution in [3.63, 3.8) is 0 Å². The molecule has 2 unspecified atom stereocenters. The zero-order valence-electron chi connectivity index (χ0n) is 10.3. The molecule has 94 valence electrons. The van der Waals surface area contributed by atoms with Crippen LogP contribution in [0.25, 0.3) is 0 Å². The lowest BCUT2D eigenvalue weighted by molar-refractivity contribution is 0.263. The van der Waals surface area contributed by atoms with E-state index < -0.39 is 0 Å². The Bertz CT molecular complexity index is 356. The lowest BCUT2D eigenvalue weighted by Gasteiger charge is -2.19. The number of halogens is 1. The second-order valence-corrected chi connectivity index (χ2v) is 5.06. The average molecular weight is 254 g/mol. The lowest BCUT2D eigenvalue weighted by atomic mass is 10.0. The quantitative estimate of drug-likeness (QED) is 0.867. The Kier molecular flexibility index (Phi) is 4.69. The molecule has 0 aromatic heterocycles. The van der Waals surface area contributed by atoms with Gasteiger partial charge in [-0.1, -0.05) is 30.2 Å². The van der Waals surface area contributed by atoms with Crippen LogP contribution >= 0.6 is 11.6 Å². The van der Waals surface area contributed by atoms with Gasteiger partial charge in [-0.15, -0.1) is 0 Å². The second-order valence-electron chi connectivity index (χ2n) is 4.65. The monoisotopic (exact) mass is 253 g/mol. The normalized spacial score (nSPS) is 23.9. The molecule has 1 aliphatic carbocycles. The Labute approximate surface area is 108 Å². The molecule has 1 fully saturated rings. The smallest absolute Gasteiger partial charge is 0.137 e. The first-order valence-electron chi connectivity index (χ1n) is 6.36. The van der Waals surface area contributed by atoms with Crippen LogP contribution in [-0.2, 0) is 0 Å². The molecule has 3 heteroatoms. The van der Waals surface area contributed by atoms with Gasteiger partial charge in [-0.25, -0.2) is 0 Å². The van der Waals surface area contributed by atoms with Gasteiger partial charge >= 0.3 is 0 Å². The molecule has 2 rings (SSSR count). The third-order valence-electron chi connectivity index (χ3n) is 3.61. The molecule has 0 amide bonds. The Morgan fingerprint density at radius 1 is 1.35 bits per heavy atom. The zero-order valence-corrected chi connectivity index (χ0v) is 11.0. The number of benzene rings is 1. The number of rotatable bonds is 5. The van der Waals surface area contributed by atoms with E-state index >= 15 is 0 Å².